The Morgan fingerprint density at radius 2 is 2.00 bits per heavy atom. The molecule has 0 amide bonds. The van der Waals surface area contributed by atoms with E-state index in [0.717, 1.165) is 39.4 Å². The Morgan fingerprint density at radius 1 is 1.32 bits per heavy atom. The summed E-state index contributed by atoms with van der Waals surface area (Å²) in [5, 5.41) is 0. The molecular weight excluding hydrogens is 394 g/mol. The number of carbonyl (C=O) groups is 1. The van der Waals surface area contributed by atoms with Crippen LogP contribution in [0.2, 0.25) is 0 Å². The third kappa shape index (κ3) is 2.89. The molecule has 0 N–H and O–H groups in total. The van der Waals surface area contributed by atoms with Crippen LogP contribution in [0.4, 0.5) is 4.39 Å². The number of rotatable bonds is 5. The molecule has 1 aliphatic rings. The predicted molar refractivity (Wildman–Crippen MR) is 93.1 cm³/mol. The number of halogens is 2. The minimum atomic E-state index is -0.254. The Bertz CT molecular complexity index is 706. The third-order valence-corrected chi connectivity index (χ3v) is 4.94. The maximum absolute atomic E-state index is 13.2. The highest BCUT2D eigenvalue weighted by Crippen LogP contribution is 2.47. The van der Waals surface area contributed by atoms with Crippen LogP contribution >= 0.6 is 22.6 Å². The average molecular weight is 410 g/mol. The van der Waals surface area contributed by atoms with E-state index in [-0.39, 0.29) is 5.82 Å². The van der Waals surface area contributed by atoms with Crippen LogP contribution in [0.15, 0.2) is 30.3 Å². The van der Waals surface area contributed by atoms with Gasteiger partial charge in [0.05, 0.1) is 15.7 Å². The SMILES string of the molecule is CCOc1c(I)c(-c2ccc(F)cc2)cc(C2CC2)c1C=O. The van der Waals surface area contributed by atoms with Gasteiger partial charge in [-0.3, -0.25) is 4.79 Å². The van der Waals surface area contributed by atoms with E-state index in [1.807, 2.05) is 6.92 Å². The summed E-state index contributed by atoms with van der Waals surface area (Å²) in [6, 6.07) is 8.50. The highest BCUT2D eigenvalue weighted by Gasteiger charge is 2.30. The average Bonchev–Trinajstić information content (AvgIpc) is 3.35. The molecule has 1 fully saturated rings. The molecule has 1 saturated carbocycles. The van der Waals surface area contributed by atoms with Crippen molar-refractivity contribution in [1.29, 1.82) is 0 Å². The number of benzene rings is 2. The van der Waals surface area contributed by atoms with E-state index in [9.17, 15) is 9.18 Å². The molecule has 0 bridgehead atoms. The summed E-state index contributed by atoms with van der Waals surface area (Å²) >= 11 is 2.21. The first-order valence-corrected chi connectivity index (χ1v) is 8.43. The molecule has 4 heteroatoms. The van der Waals surface area contributed by atoms with Crippen LogP contribution in [0.1, 0.15) is 41.6 Å². The van der Waals surface area contributed by atoms with Crippen LogP contribution in [-0.2, 0) is 0 Å². The molecule has 0 aromatic heterocycles. The van der Waals surface area contributed by atoms with Crippen molar-refractivity contribution in [3.8, 4) is 16.9 Å². The van der Waals surface area contributed by atoms with Gasteiger partial charge in [-0.2, -0.15) is 0 Å². The maximum atomic E-state index is 13.2. The molecule has 0 aliphatic heterocycles. The molecular formula is C18H16FIO2. The molecule has 0 heterocycles. The highest BCUT2D eigenvalue weighted by atomic mass is 127. The first-order chi connectivity index (χ1) is 10.7. The van der Waals surface area contributed by atoms with E-state index >= 15 is 0 Å². The van der Waals surface area contributed by atoms with Crippen LogP contribution in [0.3, 0.4) is 0 Å². The van der Waals surface area contributed by atoms with Gasteiger partial charge in [0.1, 0.15) is 11.6 Å². The Hall–Kier alpha value is -1.43. The summed E-state index contributed by atoms with van der Waals surface area (Å²) in [5.41, 5.74) is 3.65. The van der Waals surface area contributed by atoms with Crippen molar-refractivity contribution in [1.82, 2.24) is 0 Å². The van der Waals surface area contributed by atoms with E-state index in [4.69, 9.17) is 4.74 Å². The zero-order valence-corrected chi connectivity index (χ0v) is 14.4. The summed E-state index contributed by atoms with van der Waals surface area (Å²) in [6.07, 6.45) is 3.11. The van der Waals surface area contributed by atoms with E-state index in [1.165, 1.54) is 12.1 Å². The van der Waals surface area contributed by atoms with Crippen molar-refractivity contribution in [3.05, 3.63) is 50.8 Å². The standard InChI is InChI=1S/C18H16FIO2/c1-2-22-18-16(10-21)14(11-3-4-11)9-15(17(18)20)12-5-7-13(19)8-6-12/h5-11H,2-4H2,1H3. The highest BCUT2D eigenvalue weighted by molar-refractivity contribution is 14.1. The van der Waals surface area contributed by atoms with Gasteiger partial charge < -0.3 is 4.74 Å². The number of hydrogen-bond donors (Lipinski definition) is 0. The first-order valence-electron chi connectivity index (χ1n) is 7.36. The Morgan fingerprint density at radius 3 is 2.55 bits per heavy atom. The molecule has 3 rings (SSSR count). The van der Waals surface area contributed by atoms with Crippen molar-refractivity contribution >= 4 is 28.9 Å². The third-order valence-electron chi connectivity index (χ3n) is 3.87. The largest absolute Gasteiger partial charge is 0.492 e. The van der Waals surface area contributed by atoms with Crippen molar-refractivity contribution < 1.29 is 13.9 Å². The van der Waals surface area contributed by atoms with Crippen molar-refractivity contribution in [2.75, 3.05) is 6.61 Å². The molecule has 0 radical (unpaired) electrons. The molecule has 2 nitrogen and oxygen atoms in total. The van der Waals surface area contributed by atoms with Crippen molar-refractivity contribution in [3.63, 3.8) is 0 Å². The lowest BCUT2D eigenvalue weighted by molar-refractivity contribution is 0.111. The van der Waals surface area contributed by atoms with E-state index in [1.54, 1.807) is 12.1 Å². The first kappa shape index (κ1) is 15.5. The maximum Gasteiger partial charge on any atom is 0.154 e. The topological polar surface area (TPSA) is 26.3 Å². The second-order valence-electron chi connectivity index (χ2n) is 5.40. The Balaban J connectivity index is 2.21. The normalized spacial score (nSPS) is 14.0. The molecule has 114 valence electrons. The minimum Gasteiger partial charge on any atom is -0.492 e. The van der Waals surface area contributed by atoms with Gasteiger partial charge in [0, 0.05) is 0 Å². The minimum absolute atomic E-state index is 0.254. The van der Waals surface area contributed by atoms with Crippen molar-refractivity contribution in [2.24, 2.45) is 0 Å². The Labute approximate surface area is 142 Å². The number of hydrogen-bond acceptors (Lipinski definition) is 2. The van der Waals surface area contributed by atoms with Crippen LogP contribution in [0.5, 0.6) is 5.75 Å². The predicted octanol–water partition coefficient (Wildman–Crippen LogP) is 5.19. The van der Waals surface area contributed by atoms with E-state index in [0.29, 0.717) is 23.8 Å². The molecule has 0 saturated heterocycles. The van der Waals surface area contributed by atoms with Gasteiger partial charge in [0.25, 0.3) is 0 Å². The fourth-order valence-corrected chi connectivity index (χ4v) is 3.56. The summed E-state index contributed by atoms with van der Waals surface area (Å²) in [5.74, 6) is 0.841. The lowest BCUT2D eigenvalue weighted by Gasteiger charge is -2.17. The zero-order chi connectivity index (χ0) is 15.7. The molecule has 2 aromatic carbocycles. The van der Waals surface area contributed by atoms with Crippen LogP contribution in [0, 0.1) is 9.39 Å². The second-order valence-corrected chi connectivity index (χ2v) is 6.48. The van der Waals surface area contributed by atoms with Gasteiger partial charge in [0.2, 0.25) is 0 Å². The van der Waals surface area contributed by atoms with Gasteiger partial charge in [-0.1, -0.05) is 12.1 Å². The summed E-state index contributed by atoms with van der Waals surface area (Å²) in [6.45, 7) is 2.42. The summed E-state index contributed by atoms with van der Waals surface area (Å²) < 4.78 is 19.8. The fraction of sp³-hybridized carbons (Fsp3) is 0.278. The fourth-order valence-electron chi connectivity index (χ4n) is 2.65. The monoisotopic (exact) mass is 410 g/mol. The van der Waals surface area contributed by atoms with Crippen LogP contribution in [-0.4, -0.2) is 12.9 Å². The number of carbonyl (C=O) groups excluding carboxylic acids is 1. The molecule has 22 heavy (non-hydrogen) atoms. The van der Waals surface area contributed by atoms with Gasteiger partial charge in [-0.25, -0.2) is 4.39 Å². The van der Waals surface area contributed by atoms with Gasteiger partial charge in [0.15, 0.2) is 6.29 Å². The lowest BCUT2D eigenvalue weighted by atomic mass is 9.96. The molecule has 1 aliphatic carbocycles. The van der Waals surface area contributed by atoms with Crippen molar-refractivity contribution in [2.45, 2.75) is 25.7 Å². The second kappa shape index (κ2) is 6.36. The smallest absolute Gasteiger partial charge is 0.154 e. The van der Waals surface area contributed by atoms with Crippen LogP contribution < -0.4 is 4.74 Å². The van der Waals surface area contributed by atoms with Crippen LogP contribution in [0.25, 0.3) is 11.1 Å². The molecule has 2 aromatic rings. The Kier molecular flexibility index (Phi) is 4.47. The molecule has 0 atom stereocenters. The molecule has 0 unspecified atom stereocenters. The number of ether oxygens (including phenoxy) is 1. The van der Waals surface area contributed by atoms with Gasteiger partial charge >= 0.3 is 0 Å². The van der Waals surface area contributed by atoms with Gasteiger partial charge in [-0.05, 0) is 83.2 Å². The zero-order valence-electron chi connectivity index (χ0n) is 12.2. The lowest BCUT2D eigenvalue weighted by Crippen LogP contribution is -2.04. The van der Waals surface area contributed by atoms with E-state index < -0.39 is 0 Å². The summed E-state index contributed by atoms with van der Waals surface area (Å²) in [7, 11) is 0. The quantitative estimate of drug-likeness (QED) is 0.501. The number of aldehydes is 1. The summed E-state index contributed by atoms with van der Waals surface area (Å²) in [4.78, 5) is 11.6. The van der Waals surface area contributed by atoms with Gasteiger partial charge in [-0.15, -0.1) is 0 Å². The molecule has 0 spiro atoms. The van der Waals surface area contributed by atoms with E-state index in [2.05, 4.69) is 28.7 Å².